The van der Waals surface area contributed by atoms with Gasteiger partial charge in [-0.15, -0.1) is 23.1 Å². The van der Waals surface area contributed by atoms with Gasteiger partial charge in [0, 0.05) is 21.4 Å². The minimum atomic E-state index is -0.139. The van der Waals surface area contributed by atoms with Crippen LogP contribution in [0.2, 0.25) is 0 Å². The van der Waals surface area contributed by atoms with Gasteiger partial charge in [0.1, 0.15) is 0 Å². The van der Waals surface area contributed by atoms with E-state index in [0.717, 1.165) is 22.6 Å². The Morgan fingerprint density at radius 3 is 2.48 bits per heavy atom. The molecule has 4 aromatic rings. The Bertz CT molecular complexity index is 1110. The highest BCUT2D eigenvalue weighted by molar-refractivity contribution is 7.98. The zero-order valence-electron chi connectivity index (χ0n) is 16.0. The summed E-state index contributed by atoms with van der Waals surface area (Å²) >= 11 is 3.05. The number of benzene rings is 3. The number of thiazole rings is 1. The minimum absolute atomic E-state index is 0.139. The minimum Gasteiger partial charge on any atom is -0.298 e. The molecule has 0 fully saturated rings. The van der Waals surface area contributed by atoms with E-state index in [2.05, 4.69) is 58.8 Å². The molecule has 0 aliphatic heterocycles. The molecule has 0 unspecified atom stereocenters. The zero-order chi connectivity index (χ0) is 20.1. The van der Waals surface area contributed by atoms with Crippen molar-refractivity contribution >= 4 is 34.1 Å². The molecule has 0 atom stereocenters. The van der Waals surface area contributed by atoms with Crippen LogP contribution in [0.4, 0.5) is 5.13 Å². The Hall–Kier alpha value is -2.89. The summed E-state index contributed by atoms with van der Waals surface area (Å²) in [6, 6.07) is 26.5. The normalized spacial score (nSPS) is 10.7. The lowest BCUT2D eigenvalue weighted by Gasteiger charge is -2.04. The van der Waals surface area contributed by atoms with E-state index < -0.39 is 0 Å². The molecule has 144 valence electrons. The van der Waals surface area contributed by atoms with E-state index in [0.29, 0.717) is 10.7 Å². The number of thioether (sulfide) groups is 1. The number of aromatic nitrogens is 1. The van der Waals surface area contributed by atoms with Crippen molar-refractivity contribution < 1.29 is 4.79 Å². The van der Waals surface area contributed by atoms with Crippen LogP contribution in [0, 0.1) is 0 Å². The Morgan fingerprint density at radius 2 is 1.72 bits per heavy atom. The van der Waals surface area contributed by atoms with Crippen LogP contribution < -0.4 is 5.32 Å². The molecule has 1 N–H and O–H groups in total. The molecule has 5 heteroatoms. The monoisotopic (exact) mass is 416 g/mol. The first-order valence-corrected chi connectivity index (χ1v) is 11.4. The third-order valence-electron chi connectivity index (χ3n) is 4.56. The van der Waals surface area contributed by atoms with Gasteiger partial charge in [0.2, 0.25) is 0 Å². The second kappa shape index (κ2) is 9.07. The fourth-order valence-electron chi connectivity index (χ4n) is 3.02. The van der Waals surface area contributed by atoms with Crippen LogP contribution in [0.3, 0.4) is 0 Å². The lowest BCUT2D eigenvalue weighted by Crippen LogP contribution is -2.11. The van der Waals surface area contributed by atoms with Crippen LogP contribution in [0.25, 0.3) is 11.3 Å². The van der Waals surface area contributed by atoms with Crippen molar-refractivity contribution in [3.05, 3.63) is 101 Å². The molecular weight excluding hydrogens is 396 g/mol. The van der Waals surface area contributed by atoms with Crippen molar-refractivity contribution in [2.24, 2.45) is 0 Å². The quantitative estimate of drug-likeness (QED) is 0.371. The van der Waals surface area contributed by atoms with E-state index in [9.17, 15) is 4.79 Å². The number of nitrogens with zero attached hydrogens (tertiary/aromatic N) is 1. The van der Waals surface area contributed by atoms with Gasteiger partial charge in [-0.1, -0.05) is 60.7 Å². The molecule has 3 nitrogen and oxygen atoms in total. The second-order valence-corrected chi connectivity index (χ2v) is 8.32. The number of amides is 1. The van der Waals surface area contributed by atoms with Gasteiger partial charge in [-0.05, 0) is 42.0 Å². The van der Waals surface area contributed by atoms with Crippen molar-refractivity contribution in [3.8, 4) is 11.3 Å². The average molecular weight is 417 g/mol. The summed E-state index contributed by atoms with van der Waals surface area (Å²) in [7, 11) is 0. The molecule has 0 aliphatic rings. The van der Waals surface area contributed by atoms with Gasteiger partial charge >= 0.3 is 0 Å². The smallest absolute Gasteiger partial charge is 0.257 e. The number of hydrogen-bond donors (Lipinski definition) is 1. The Kier molecular flexibility index (Phi) is 6.08. The summed E-state index contributed by atoms with van der Waals surface area (Å²) in [5.41, 5.74) is 5.11. The lowest BCUT2D eigenvalue weighted by atomic mass is 10.0. The summed E-state index contributed by atoms with van der Waals surface area (Å²) < 4.78 is 0. The summed E-state index contributed by atoms with van der Waals surface area (Å²) in [4.78, 5) is 18.1. The molecule has 0 radical (unpaired) electrons. The number of anilines is 1. The zero-order valence-corrected chi connectivity index (χ0v) is 17.6. The molecule has 0 aliphatic carbocycles. The van der Waals surface area contributed by atoms with Gasteiger partial charge in [0.05, 0.1) is 5.69 Å². The molecule has 1 aromatic heterocycles. The molecule has 0 saturated heterocycles. The molecule has 1 amide bonds. The Morgan fingerprint density at radius 1 is 0.966 bits per heavy atom. The maximum atomic E-state index is 12.5. The van der Waals surface area contributed by atoms with Crippen LogP contribution in [0.15, 0.2) is 89.1 Å². The van der Waals surface area contributed by atoms with E-state index in [1.54, 1.807) is 11.8 Å². The largest absolute Gasteiger partial charge is 0.298 e. The number of hydrogen-bond acceptors (Lipinski definition) is 4. The standard InChI is InChI=1S/C24H20N2OS2/c1-28-21-9-5-8-20(15-21)23(27)26-24-25-22(16-29-24)19-12-10-18(11-13-19)14-17-6-3-2-4-7-17/h2-13,15-16H,14H2,1H3,(H,25,26,27). The van der Waals surface area contributed by atoms with Crippen molar-refractivity contribution in [1.29, 1.82) is 0 Å². The molecule has 1 heterocycles. The van der Waals surface area contributed by atoms with Gasteiger partial charge in [-0.2, -0.15) is 0 Å². The maximum absolute atomic E-state index is 12.5. The summed E-state index contributed by atoms with van der Waals surface area (Å²) in [5, 5.41) is 5.48. The van der Waals surface area contributed by atoms with Crippen molar-refractivity contribution in [2.45, 2.75) is 11.3 Å². The van der Waals surface area contributed by atoms with E-state index in [4.69, 9.17) is 0 Å². The van der Waals surface area contributed by atoms with E-state index in [1.165, 1.54) is 22.5 Å². The van der Waals surface area contributed by atoms with Crippen molar-refractivity contribution in [2.75, 3.05) is 11.6 Å². The molecule has 4 rings (SSSR count). The van der Waals surface area contributed by atoms with Crippen LogP contribution in [0.1, 0.15) is 21.5 Å². The first kappa shape index (κ1) is 19.4. The fraction of sp³-hybridized carbons (Fsp3) is 0.0833. The predicted molar refractivity (Wildman–Crippen MR) is 123 cm³/mol. The molecule has 3 aromatic carbocycles. The van der Waals surface area contributed by atoms with E-state index in [-0.39, 0.29) is 5.91 Å². The van der Waals surface area contributed by atoms with Crippen molar-refractivity contribution in [3.63, 3.8) is 0 Å². The van der Waals surface area contributed by atoms with Gasteiger partial charge in [0.25, 0.3) is 5.91 Å². The number of rotatable bonds is 6. The van der Waals surface area contributed by atoms with Crippen LogP contribution in [0.5, 0.6) is 0 Å². The number of carbonyl (C=O) groups is 1. The summed E-state index contributed by atoms with van der Waals surface area (Å²) in [5.74, 6) is -0.139. The van der Waals surface area contributed by atoms with E-state index in [1.807, 2.05) is 42.0 Å². The third kappa shape index (κ3) is 4.94. The molecular formula is C24H20N2OS2. The highest BCUT2D eigenvalue weighted by Crippen LogP contribution is 2.26. The van der Waals surface area contributed by atoms with Gasteiger partial charge in [-0.3, -0.25) is 10.1 Å². The highest BCUT2D eigenvalue weighted by Gasteiger charge is 2.10. The Labute approximate surface area is 178 Å². The van der Waals surface area contributed by atoms with Gasteiger partial charge in [0.15, 0.2) is 5.13 Å². The molecule has 29 heavy (non-hydrogen) atoms. The van der Waals surface area contributed by atoms with Crippen molar-refractivity contribution in [1.82, 2.24) is 4.98 Å². The average Bonchev–Trinajstić information content (AvgIpc) is 3.23. The molecule has 0 spiro atoms. The van der Waals surface area contributed by atoms with E-state index >= 15 is 0 Å². The van der Waals surface area contributed by atoms with Gasteiger partial charge < -0.3 is 0 Å². The third-order valence-corrected chi connectivity index (χ3v) is 6.04. The van der Waals surface area contributed by atoms with Gasteiger partial charge in [-0.25, -0.2) is 4.98 Å². The SMILES string of the molecule is CSc1cccc(C(=O)Nc2nc(-c3ccc(Cc4ccccc4)cc3)cs2)c1. The first-order chi connectivity index (χ1) is 14.2. The summed E-state index contributed by atoms with van der Waals surface area (Å²) in [6.45, 7) is 0. The second-order valence-electron chi connectivity index (χ2n) is 6.58. The van der Waals surface area contributed by atoms with Crippen LogP contribution >= 0.6 is 23.1 Å². The number of nitrogens with one attached hydrogen (secondary N) is 1. The van der Waals surface area contributed by atoms with Crippen LogP contribution in [-0.2, 0) is 6.42 Å². The highest BCUT2D eigenvalue weighted by atomic mass is 32.2. The maximum Gasteiger partial charge on any atom is 0.257 e. The topological polar surface area (TPSA) is 42.0 Å². The first-order valence-electron chi connectivity index (χ1n) is 9.25. The Balaban J connectivity index is 1.44. The summed E-state index contributed by atoms with van der Waals surface area (Å²) in [6.07, 6.45) is 2.91. The molecule has 0 saturated carbocycles. The molecule has 0 bridgehead atoms. The fourth-order valence-corrected chi connectivity index (χ4v) is 4.20. The number of carbonyl (C=O) groups excluding carboxylic acids is 1. The van der Waals surface area contributed by atoms with Crippen LogP contribution in [-0.4, -0.2) is 17.1 Å². The lowest BCUT2D eigenvalue weighted by molar-refractivity contribution is 0.102. The predicted octanol–water partition coefficient (Wildman–Crippen LogP) is 6.38.